The minimum Gasteiger partial charge on any atom is -0.337 e. The largest absolute Gasteiger partial charge is 0.337 e. The third kappa shape index (κ3) is 3.42. The Bertz CT molecular complexity index is 581. The van der Waals surface area contributed by atoms with Gasteiger partial charge in [-0.1, -0.05) is 12.1 Å². The molecule has 0 radical (unpaired) electrons. The Kier molecular flexibility index (Phi) is 3.94. The van der Waals surface area contributed by atoms with Crippen molar-refractivity contribution in [3.8, 4) is 6.07 Å². The van der Waals surface area contributed by atoms with Crippen molar-refractivity contribution >= 4 is 5.91 Å². The molecule has 0 bridgehead atoms. The summed E-state index contributed by atoms with van der Waals surface area (Å²) in [6.45, 7) is 2.31. The van der Waals surface area contributed by atoms with Gasteiger partial charge in [-0.3, -0.25) is 9.48 Å². The van der Waals surface area contributed by atoms with E-state index in [2.05, 4.69) is 10.4 Å². The minimum absolute atomic E-state index is 0.236. The van der Waals surface area contributed by atoms with Gasteiger partial charge >= 0.3 is 0 Å². The van der Waals surface area contributed by atoms with Crippen molar-refractivity contribution in [2.24, 2.45) is 0 Å². The van der Waals surface area contributed by atoms with Gasteiger partial charge in [-0.05, 0) is 30.7 Å². The molecule has 1 amide bonds. The molecule has 1 heterocycles. The summed E-state index contributed by atoms with van der Waals surface area (Å²) in [5, 5.41) is 15.4. The van der Waals surface area contributed by atoms with Crippen molar-refractivity contribution in [2.75, 3.05) is 0 Å². The second-order valence-corrected chi connectivity index (χ2v) is 4.22. The lowest BCUT2D eigenvalue weighted by Crippen LogP contribution is -2.31. The molecule has 5 nitrogen and oxygen atoms in total. The van der Waals surface area contributed by atoms with Crippen molar-refractivity contribution in [3.05, 3.63) is 53.9 Å². The highest BCUT2D eigenvalue weighted by molar-refractivity contribution is 5.94. The molecule has 1 aromatic heterocycles. The molecule has 1 atom stereocenters. The Labute approximate surface area is 111 Å². The van der Waals surface area contributed by atoms with E-state index in [9.17, 15) is 4.79 Å². The Balaban J connectivity index is 2.02. The molecular weight excluding hydrogens is 240 g/mol. The third-order valence-electron chi connectivity index (χ3n) is 2.66. The molecule has 5 heteroatoms. The quantitative estimate of drug-likeness (QED) is 0.900. The first kappa shape index (κ1) is 12.8. The molecule has 2 rings (SSSR count). The van der Waals surface area contributed by atoms with Crippen molar-refractivity contribution in [2.45, 2.75) is 19.5 Å². The van der Waals surface area contributed by atoms with E-state index in [-0.39, 0.29) is 5.91 Å². The summed E-state index contributed by atoms with van der Waals surface area (Å²) >= 11 is 0. The normalized spacial score (nSPS) is 11.6. The number of nitrogens with one attached hydrogen (secondary N) is 1. The van der Waals surface area contributed by atoms with Gasteiger partial charge in [-0.25, -0.2) is 0 Å². The number of hydrogen-bond donors (Lipinski definition) is 1. The number of carbonyl (C=O) groups is 1. The number of nitriles is 1. The molecule has 1 aromatic carbocycles. The van der Waals surface area contributed by atoms with Crippen LogP contribution in [0.1, 0.15) is 22.8 Å². The number of rotatable bonds is 4. The van der Waals surface area contributed by atoms with Crippen LogP contribution in [0.15, 0.2) is 42.7 Å². The van der Waals surface area contributed by atoms with E-state index in [1.54, 1.807) is 25.3 Å². The molecule has 0 aliphatic carbocycles. The Morgan fingerprint density at radius 2 is 2.21 bits per heavy atom. The molecule has 0 saturated carbocycles. The second-order valence-electron chi connectivity index (χ2n) is 4.22. The molecule has 0 aliphatic rings. The predicted octanol–water partition coefficient (Wildman–Crippen LogP) is 1.57. The molecule has 96 valence electrons. The number of benzene rings is 1. The smallest absolute Gasteiger partial charge is 0.252 e. The topological polar surface area (TPSA) is 70.7 Å². The first-order valence-electron chi connectivity index (χ1n) is 5.96. The molecular formula is C14H14N4O. The first-order chi connectivity index (χ1) is 9.19. The van der Waals surface area contributed by atoms with Gasteiger partial charge in [0.25, 0.3) is 5.91 Å². The number of nitrogens with zero attached hydrogens (tertiary/aromatic N) is 3. The summed E-state index contributed by atoms with van der Waals surface area (Å²) in [4.78, 5) is 11.8. The molecule has 0 fully saturated rings. The monoisotopic (exact) mass is 254 g/mol. The summed E-state index contributed by atoms with van der Waals surface area (Å²) in [5.41, 5.74) is 1.61. The van der Waals surface area contributed by atoms with Crippen molar-refractivity contribution < 1.29 is 4.79 Å². The SMILES string of the molecule is CC(C#N)NC(=O)c1ccc(Cn2cccn2)cc1. The highest BCUT2D eigenvalue weighted by atomic mass is 16.1. The average molecular weight is 254 g/mol. The fraction of sp³-hybridized carbons (Fsp3) is 0.214. The van der Waals surface area contributed by atoms with Gasteiger partial charge < -0.3 is 5.32 Å². The summed E-state index contributed by atoms with van der Waals surface area (Å²) < 4.78 is 1.81. The number of carbonyl (C=O) groups excluding carboxylic acids is 1. The summed E-state index contributed by atoms with van der Waals surface area (Å²) in [6, 6.07) is 10.6. The van der Waals surface area contributed by atoms with Crippen LogP contribution >= 0.6 is 0 Å². The van der Waals surface area contributed by atoms with Crippen LogP contribution in [0.5, 0.6) is 0 Å². The Hall–Kier alpha value is -2.61. The zero-order valence-corrected chi connectivity index (χ0v) is 10.6. The maximum atomic E-state index is 11.8. The highest BCUT2D eigenvalue weighted by Crippen LogP contribution is 2.06. The lowest BCUT2D eigenvalue weighted by atomic mass is 10.1. The zero-order valence-electron chi connectivity index (χ0n) is 10.6. The zero-order chi connectivity index (χ0) is 13.7. The summed E-state index contributed by atoms with van der Waals surface area (Å²) in [7, 11) is 0. The van der Waals surface area contributed by atoms with Crippen molar-refractivity contribution in [3.63, 3.8) is 0 Å². The second kappa shape index (κ2) is 5.83. The van der Waals surface area contributed by atoms with Crippen molar-refractivity contribution in [1.29, 1.82) is 5.26 Å². The Morgan fingerprint density at radius 1 is 1.47 bits per heavy atom. The van der Waals surface area contributed by atoms with Gasteiger partial charge in [0.2, 0.25) is 0 Å². The van der Waals surface area contributed by atoms with Gasteiger partial charge in [-0.2, -0.15) is 10.4 Å². The standard InChI is InChI=1S/C14H14N4O/c1-11(9-15)17-14(19)13-5-3-12(4-6-13)10-18-8-2-7-16-18/h2-8,11H,10H2,1H3,(H,17,19). The average Bonchev–Trinajstić information content (AvgIpc) is 2.92. The van der Waals surface area contributed by atoms with Gasteiger partial charge in [0.05, 0.1) is 12.6 Å². The number of aromatic nitrogens is 2. The molecule has 0 spiro atoms. The molecule has 1 unspecified atom stereocenters. The van der Waals surface area contributed by atoms with Crippen LogP contribution in [0.25, 0.3) is 0 Å². The van der Waals surface area contributed by atoms with Crippen LogP contribution in [-0.4, -0.2) is 21.7 Å². The molecule has 19 heavy (non-hydrogen) atoms. The lowest BCUT2D eigenvalue weighted by molar-refractivity contribution is 0.0948. The molecule has 1 N–H and O–H groups in total. The fourth-order valence-electron chi connectivity index (χ4n) is 1.65. The van der Waals surface area contributed by atoms with Gasteiger partial charge in [0, 0.05) is 18.0 Å². The van der Waals surface area contributed by atoms with E-state index < -0.39 is 6.04 Å². The van der Waals surface area contributed by atoms with E-state index in [1.807, 2.05) is 35.1 Å². The van der Waals surface area contributed by atoms with Crippen LogP contribution in [0.4, 0.5) is 0 Å². The van der Waals surface area contributed by atoms with Gasteiger partial charge in [0.15, 0.2) is 0 Å². The van der Waals surface area contributed by atoms with Gasteiger partial charge in [0.1, 0.15) is 6.04 Å². The maximum Gasteiger partial charge on any atom is 0.252 e. The molecule has 2 aromatic rings. The van der Waals surface area contributed by atoms with Crippen LogP contribution < -0.4 is 5.32 Å². The maximum absolute atomic E-state index is 11.8. The first-order valence-corrected chi connectivity index (χ1v) is 5.96. The highest BCUT2D eigenvalue weighted by Gasteiger charge is 2.08. The summed E-state index contributed by atoms with van der Waals surface area (Å²) in [5.74, 6) is -0.236. The van der Waals surface area contributed by atoms with E-state index in [1.165, 1.54) is 0 Å². The van der Waals surface area contributed by atoms with E-state index in [4.69, 9.17) is 5.26 Å². The minimum atomic E-state index is -0.490. The number of amides is 1. The van der Waals surface area contributed by atoms with E-state index >= 15 is 0 Å². The van der Waals surface area contributed by atoms with Crippen LogP contribution in [-0.2, 0) is 6.54 Å². The fourth-order valence-corrected chi connectivity index (χ4v) is 1.65. The van der Waals surface area contributed by atoms with E-state index in [0.717, 1.165) is 5.56 Å². The third-order valence-corrected chi connectivity index (χ3v) is 2.66. The van der Waals surface area contributed by atoms with Crippen molar-refractivity contribution in [1.82, 2.24) is 15.1 Å². The number of hydrogen-bond acceptors (Lipinski definition) is 3. The van der Waals surface area contributed by atoms with Crippen LogP contribution in [0, 0.1) is 11.3 Å². The Morgan fingerprint density at radius 3 is 2.79 bits per heavy atom. The summed E-state index contributed by atoms with van der Waals surface area (Å²) in [6.07, 6.45) is 3.61. The van der Waals surface area contributed by atoms with Gasteiger partial charge in [-0.15, -0.1) is 0 Å². The van der Waals surface area contributed by atoms with Crippen LogP contribution in [0.3, 0.4) is 0 Å². The molecule has 0 aliphatic heterocycles. The lowest BCUT2D eigenvalue weighted by Gasteiger charge is -2.07. The van der Waals surface area contributed by atoms with E-state index in [0.29, 0.717) is 12.1 Å². The predicted molar refractivity (Wildman–Crippen MR) is 70.3 cm³/mol. The van der Waals surface area contributed by atoms with Crippen LogP contribution in [0.2, 0.25) is 0 Å². The molecule has 0 saturated heterocycles.